The minimum absolute atomic E-state index is 0.358. The number of amides is 2. The molecule has 0 saturated carbocycles. The van der Waals surface area contributed by atoms with Crippen molar-refractivity contribution >= 4 is 11.7 Å². The Kier molecular flexibility index (Phi) is 2.50. The van der Waals surface area contributed by atoms with Crippen molar-refractivity contribution in [3.8, 4) is 6.07 Å². The number of hydrogen-bond acceptors (Lipinski definition) is 3. The van der Waals surface area contributed by atoms with Crippen molar-refractivity contribution in [3.05, 3.63) is 12.4 Å². The third-order valence-corrected chi connectivity index (χ3v) is 1.45. The van der Waals surface area contributed by atoms with E-state index in [4.69, 9.17) is 11.0 Å². The lowest BCUT2D eigenvalue weighted by Crippen LogP contribution is -2.18. The zero-order valence-electron chi connectivity index (χ0n) is 7.06. The molecule has 0 aliphatic heterocycles. The fourth-order valence-corrected chi connectivity index (χ4v) is 0.816. The van der Waals surface area contributed by atoms with Crippen LogP contribution >= 0.6 is 0 Å². The van der Waals surface area contributed by atoms with Gasteiger partial charge in [0.25, 0.3) is 0 Å². The second kappa shape index (κ2) is 3.58. The summed E-state index contributed by atoms with van der Waals surface area (Å²) >= 11 is 0. The molecular weight excluding hydrogens is 170 g/mol. The number of anilines is 1. The van der Waals surface area contributed by atoms with Crippen LogP contribution in [-0.4, -0.2) is 15.8 Å². The number of urea groups is 1. The summed E-state index contributed by atoms with van der Waals surface area (Å²) in [5.74, 6) is 0. The number of aromatic nitrogens is 2. The van der Waals surface area contributed by atoms with Gasteiger partial charge in [0.1, 0.15) is 6.04 Å². The van der Waals surface area contributed by atoms with Crippen LogP contribution in [0.15, 0.2) is 12.4 Å². The van der Waals surface area contributed by atoms with Gasteiger partial charge in [0.15, 0.2) is 0 Å². The number of nitrogens with two attached hydrogens (primary N) is 1. The molecule has 0 bridgehead atoms. The lowest BCUT2D eigenvalue weighted by Gasteiger charge is -2.00. The molecule has 68 valence electrons. The van der Waals surface area contributed by atoms with Gasteiger partial charge in [-0.1, -0.05) is 0 Å². The molecule has 6 nitrogen and oxygen atoms in total. The summed E-state index contributed by atoms with van der Waals surface area (Å²) in [7, 11) is 0. The minimum atomic E-state index is -0.649. The van der Waals surface area contributed by atoms with E-state index in [0.29, 0.717) is 5.69 Å². The summed E-state index contributed by atoms with van der Waals surface area (Å²) < 4.78 is 1.44. The van der Waals surface area contributed by atoms with Crippen LogP contribution in [0.4, 0.5) is 10.5 Å². The fourth-order valence-electron chi connectivity index (χ4n) is 0.816. The summed E-state index contributed by atoms with van der Waals surface area (Å²) in [6.45, 7) is 1.70. The van der Waals surface area contributed by atoms with E-state index in [1.54, 1.807) is 13.1 Å². The number of nitrogens with zero attached hydrogens (tertiary/aromatic N) is 3. The van der Waals surface area contributed by atoms with Crippen LogP contribution in [-0.2, 0) is 0 Å². The van der Waals surface area contributed by atoms with Gasteiger partial charge in [-0.05, 0) is 6.92 Å². The molecule has 1 aromatic heterocycles. The van der Waals surface area contributed by atoms with E-state index < -0.39 is 6.03 Å². The molecular formula is C7H9N5O. The summed E-state index contributed by atoms with van der Waals surface area (Å²) in [6.07, 6.45) is 2.97. The highest BCUT2D eigenvalue weighted by Gasteiger charge is 2.05. The molecule has 0 saturated heterocycles. The average Bonchev–Trinajstić information content (AvgIpc) is 2.50. The zero-order chi connectivity index (χ0) is 9.84. The Morgan fingerprint density at radius 2 is 2.62 bits per heavy atom. The molecule has 0 spiro atoms. The summed E-state index contributed by atoms with van der Waals surface area (Å²) in [4.78, 5) is 10.4. The van der Waals surface area contributed by atoms with Crippen LogP contribution in [0.2, 0.25) is 0 Å². The number of carbonyl (C=O) groups is 1. The number of hydrogen-bond donors (Lipinski definition) is 2. The highest BCUT2D eigenvalue weighted by Crippen LogP contribution is 2.08. The van der Waals surface area contributed by atoms with Crippen molar-refractivity contribution in [2.24, 2.45) is 5.73 Å². The SMILES string of the molecule is CC(C#N)n1cc(NC(N)=O)cn1. The highest BCUT2D eigenvalue weighted by molar-refractivity contribution is 5.87. The summed E-state index contributed by atoms with van der Waals surface area (Å²) in [6, 6.07) is 0.998. The topological polar surface area (TPSA) is 96.7 Å². The molecule has 3 N–H and O–H groups in total. The number of carbonyl (C=O) groups excluding carboxylic acids is 1. The largest absolute Gasteiger partial charge is 0.351 e. The Hall–Kier alpha value is -2.03. The molecule has 1 aromatic rings. The van der Waals surface area contributed by atoms with Crippen molar-refractivity contribution in [2.75, 3.05) is 5.32 Å². The third-order valence-electron chi connectivity index (χ3n) is 1.45. The van der Waals surface area contributed by atoms with Gasteiger partial charge in [0.05, 0.1) is 24.2 Å². The Morgan fingerprint density at radius 1 is 1.92 bits per heavy atom. The molecule has 6 heteroatoms. The van der Waals surface area contributed by atoms with Crippen LogP contribution < -0.4 is 11.1 Å². The Balaban J connectivity index is 2.76. The second-order valence-electron chi connectivity index (χ2n) is 2.50. The first-order valence-electron chi connectivity index (χ1n) is 3.63. The molecule has 1 rings (SSSR count). The maximum Gasteiger partial charge on any atom is 0.316 e. The fraction of sp³-hybridized carbons (Fsp3) is 0.286. The lowest BCUT2D eigenvalue weighted by atomic mass is 10.4. The van der Waals surface area contributed by atoms with E-state index in [1.807, 2.05) is 6.07 Å². The molecule has 1 atom stereocenters. The van der Waals surface area contributed by atoms with Gasteiger partial charge in [0.2, 0.25) is 0 Å². The van der Waals surface area contributed by atoms with Crippen molar-refractivity contribution in [1.82, 2.24) is 9.78 Å². The van der Waals surface area contributed by atoms with Gasteiger partial charge in [-0.3, -0.25) is 4.68 Å². The molecule has 0 fully saturated rings. The van der Waals surface area contributed by atoms with Crippen LogP contribution in [0.25, 0.3) is 0 Å². The number of nitrogens with one attached hydrogen (secondary N) is 1. The maximum absolute atomic E-state index is 10.4. The van der Waals surface area contributed by atoms with Crippen molar-refractivity contribution in [1.29, 1.82) is 5.26 Å². The van der Waals surface area contributed by atoms with Crippen molar-refractivity contribution < 1.29 is 4.79 Å². The molecule has 0 aromatic carbocycles. The first-order valence-corrected chi connectivity index (χ1v) is 3.63. The first-order chi connectivity index (χ1) is 6.13. The Bertz CT molecular complexity index is 350. The Morgan fingerprint density at radius 3 is 3.15 bits per heavy atom. The van der Waals surface area contributed by atoms with Crippen LogP contribution in [0, 0.1) is 11.3 Å². The minimum Gasteiger partial charge on any atom is -0.351 e. The van der Waals surface area contributed by atoms with Gasteiger partial charge in [-0.15, -0.1) is 0 Å². The predicted octanol–water partition coefficient (Wildman–Crippen LogP) is 0.458. The van der Waals surface area contributed by atoms with Gasteiger partial charge < -0.3 is 11.1 Å². The number of nitriles is 1. The van der Waals surface area contributed by atoms with E-state index in [0.717, 1.165) is 0 Å². The van der Waals surface area contributed by atoms with E-state index in [-0.39, 0.29) is 6.04 Å². The monoisotopic (exact) mass is 179 g/mol. The smallest absolute Gasteiger partial charge is 0.316 e. The van der Waals surface area contributed by atoms with Crippen LogP contribution in [0.1, 0.15) is 13.0 Å². The summed E-state index contributed by atoms with van der Waals surface area (Å²) in [5, 5.41) is 14.8. The average molecular weight is 179 g/mol. The van der Waals surface area contributed by atoms with Gasteiger partial charge in [0, 0.05) is 0 Å². The number of rotatable bonds is 2. The zero-order valence-corrected chi connectivity index (χ0v) is 7.06. The normalized spacial score (nSPS) is 11.7. The molecule has 0 radical (unpaired) electrons. The van der Waals surface area contributed by atoms with Gasteiger partial charge in [-0.25, -0.2) is 4.79 Å². The quantitative estimate of drug-likeness (QED) is 0.690. The standard InChI is InChI=1S/C7H9N5O/c1-5(2-8)12-4-6(3-10-12)11-7(9)13/h3-5H,1H3,(H3,9,11,13). The molecule has 0 aliphatic rings. The molecule has 13 heavy (non-hydrogen) atoms. The van der Waals surface area contributed by atoms with Gasteiger partial charge in [-0.2, -0.15) is 10.4 Å². The van der Waals surface area contributed by atoms with E-state index in [2.05, 4.69) is 10.4 Å². The van der Waals surface area contributed by atoms with Crippen molar-refractivity contribution in [3.63, 3.8) is 0 Å². The maximum atomic E-state index is 10.4. The molecule has 0 aliphatic carbocycles. The lowest BCUT2D eigenvalue weighted by molar-refractivity contribution is 0.259. The van der Waals surface area contributed by atoms with Crippen LogP contribution in [0.3, 0.4) is 0 Å². The predicted molar refractivity (Wildman–Crippen MR) is 45.8 cm³/mol. The number of primary amides is 1. The van der Waals surface area contributed by atoms with Crippen LogP contribution in [0.5, 0.6) is 0 Å². The molecule has 2 amide bonds. The van der Waals surface area contributed by atoms with E-state index in [1.165, 1.54) is 10.9 Å². The van der Waals surface area contributed by atoms with Gasteiger partial charge >= 0.3 is 6.03 Å². The molecule has 1 heterocycles. The van der Waals surface area contributed by atoms with Crippen molar-refractivity contribution in [2.45, 2.75) is 13.0 Å². The van der Waals surface area contributed by atoms with E-state index in [9.17, 15) is 4.79 Å². The third kappa shape index (κ3) is 2.20. The first kappa shape index (κ1) is 9.06. The van der Waals surface area contributed by atoms with E-state index >= 15 is 0 Å². The second-order valence-corrected chi connectivity index (χ2v) is 2.50. The Labute approximate surface area is 74.9 Å². The molecule has 1 unspecified atom stereocenters. The summed E-state index contributed by atoms with van der Waals surface area (Å²) in [5.41, 5.74) is 5.37. The highest BCUT2D eigenvalue weighted by atomic mass is 16.2.